The second-order valence-corrected chi connectivity index (χ2v) is 7.15. The highest BCUT2D eigenvalue weighted by atomic mass is 32.2. The number of hydrogen-bond acceptors (Lipinski definition) is 5. The van der Waals surface area contributed by atoms with E-state index in [1.165, 1.54) is 22.5 Å². The van der Waals surface area contributed by atoms with Crippen molar-refractivity contribution < 1.29 is 9.18 Å². The Morgan fingerprint density at radius 1 is 1.11 bits per heavy atom. The number of hydrogen-bond donors (Lipinski definition) is 1. The van der Waals surface area contributed by atoms with Crippen molar-refractivity contribution >= 4 is 17.7 Å². The highest BCUT2D eigenvalue weighted by Crippen LogP contribution is 2.36. The minimum atomic E-state index is -0.527. The summed E-state index contributed by atoms with van der Waals surface area (Å²) in [6.45, 7) is 5.09. The molecular formula is C20H22FN5OS. The number of likely N-dealkylation sites (N-methyl/N-ethyl adjacent to an activating group) is 1. The van der Waals surface area contributed by atoms with Crippen molar-refractivity contribution in [3.63, 3.8) is 0 Å². The Labute approximate surface area is 167 Å². The minimum Gasteiger partial charge on any atom is -0.342 e. The van der Waals surface area contributed by atoms with E-state index < -0.39 is 11.1 Å². The van der Waals surface area contributed by atoms with E-state index in [-0.39, 0.29) is 17.3 Å². The van der Waals surface area contributed by atoms with Crippen LogP contribution in [0.2, 0.25) is 0 Å². The average molecular weight is 399 g/mol. The van der Waals surface area contributed by atoms with Crippen LogP contribution in [0, 0.1) is 5.82 Å². The third kappa shape index (κ3) is 4.01. The zero-order valence-electron chi connectivity index (χ0n) is 15.7. The third-order valence-corrected chi connectivity index (χ3v) is 5.60. The molecule has 146 valence electrons. The molecule has 0 aliphatic heterocycles. The topological polar surface area (TPSA) is 77.0 Å². The van der Waals surface area contributed by atoms with E-state index >= 15 is 0 Å². The maximum Gasteiger partial charge on any atom is 0.240 e. The lowest BCUT2D eigenvalue weighted by Crippen LogP contribution is -2.34. The number of thioether (sulfide) groups is 1. The first kappa shape index (κ1) is 19.9. The summed E-state index contributed by atoms with van der Waals surface area (Å²) in [5, 5.41) is 7.96. The lowest BCUT2D eigenvalue weighted by molar-refractivity contribution is -0.130. The molecule has 0 unspecified atom stereocenters. The van der Waals surface area contributed by atoms with Gasteiger partial charge < -0.3 is 10.7 Å². The summed E-state index contributed by atoms with van der Waals surface area (Å²) in [5.74, 6) is 5.90. The second-order valence-electron chi connectivity index (χ2n) is 6.08. The number of aromatic nitrogens is 3. The summed E-state index contributed by atoms with van der Waals surface area (Å²) in [4.78, 5) is 14.9. The molecule has 0 saturated carbocycles. The van der Waals surface area contributed by atoms with Crippen LogP contribution in [0.3, 0.4) is 0 Å². The summed E-state index contributed by atoms with van der Waals surface area (Å²) >= 11 is 1.21. The standard InChI is InChI=1S/C20H22FN5OS/c1-3-25(4-2)19(27)17(14-10-6-5-7-11-14)28-20-24-23-18(26(20)22)15-12-8-9-13-16(15)21/h5-13,17H,3-4,22H2,1-2H3/t17-/m0/s1. The molecule has 0 aliphatic carbocycles. The van der Waals surface area contributed by atoms with Crippen LogP contribution in [0.25, 0.3) is 11.4 Å². The molecule has 1 atom stereocenters. The Balaban J connectivity index is 1.96. The van der Waals surface area contributed by atoms with E-state index in [0.29, 0.717) is 18.2 Å². The number of nitrogens with two attached hydrogens (primary N) is 1. The summed E-state index contributed by atoms with van der Waals surface area (Å²) < 4.78 is 15.3. The summed E-state index contributed by atoms with van der Waals surface area (Å²) in [5.41, 5.74) is 1.11. The minimum absolute atomic E-state index is 0.0309. The van der Waals surface area contributed by atoms with Gasteiger partial charge in [0, 0.05) is 13.1 Å². The van der Waals surface area contributed by atoms with Gasteiger partial charge in [0.25, 0.3) is 0 Å². The van der Waals surface area contributed by atoms with Crippen molar-refractivity contribution in [3.8, 4) is 11.4 Å². The summed E-state index contributed by atoms with van der Waals surface area (Å²) in [7, 11) is 0. The molecule has 28 heavy (non-hydrogen) atoms. The molecule has 2 N–H and O–H groups in total. The first-order valence-corrected chi connectivity index (χ1v) is 9.90. The van der Waals surface area contributed by atoms with E-state index in [4.69, 9.17) is 5.84 Å². The van der Waals surface area contributed by atoms with E-state index in [1.54, 1.807) is 23.1 Å². The Hall–Kier alpha value is -2.87. The van der Waals surface area contributed by atoms with Crippen LogP contribution in [0.15, 0.2) is 59.8 Å². The number of rotatable bonds is 7. The average Bonchev–Trinajstić information content (AvgIpc) is 3.08. The van der Waals surface area contributed by atoms with Gasteiger partial charge in [-0.25, -0.2) is 9.07 Å². The smallest absolute Gasteiger partial charge is 0.240 e. The van der Waals surface area contributed by atoms with Gasteiger partial charge in [-0.05, 0) is 31.5 Å². The molecule has 8 heteroatoms. The van der Waals surface area contributed by atoms with E-state index in [0.717, 1.165) is 5.56 Å². The van der Waals surface area contributed by atoms with Crippen LogP contribution in [0.5, 0.6) is 0 Å². The molecule has 1 aromatic heterocycles. The maximum absolute atomic E-state index is 14.1. The zero-order valence-corrected chi connectivity index (χ0v) is 16.6. The van der Waals surface area contributed by atoms with Gasteiger partial charge in [-0.1, -0.05) is 54.2 Å². The predicted octanol–water partition coefficient (Wildman–Crippen LogP) is 3.50. The van der Waals surface area contributed by atoms with Crippen molar-refractivity contribution in [1.82, 2.24) is 19.8 Å². The first-order valence-electron chi connectivity index (χ1n) is 9.02. The molecule has 0 bridgehead atoms. The highest BCUT2D eigenvalue weighted by Gasteiger charge is 2.28. The molecule has 0 radical (unpaired) electrons. The lowest BCUT2D eigenvalue weighted by atomic mass is 10.1. The van der Waals surface area contributed by atoms with Gasteiger partial charge in [0.1, 0.15) is 11.1 Å². The molecular weight excluding hydrogens is 377 g/mol. The Morgan fingerprint density at radius 2 is 1.75 bits per heavy atom. The van der Waals surface area contributed by atoms with Gasteiger partial charge in [0.2, 0.25) is 11.1 Å². The van der Waals surface area contributed by atoms with Gasteiger partial charge in [0.15, 0.2) is 5.82 Å². The van der Waals surface area contributed by atoms with Crippen molar-refractivity contribution in [3.05, 3.63) is 66.0 Å². The summed E-state index contributed by atoms with van der Waals surface area (Å²) in [6, 6.07) is 15.7. The SMILES string of the molecule is CCN(CC)C(=O)[C@@H](Sc1nnc(-c2ccccc2F)n1N)c1ccccc1. The molecule has 0 fully saturated rings. The normalized spacial score (nSPS) is 12.0. The molecule has 0 spiro atoms. The zero-order chi connectivity index (χ0) is 20.1. The van der Waals surface area contributed by atoms with Crippen LogP contribution < -0.4 is 5.84 Å². The molecule has 1 amide bonds. The number of carbonyl (C=O) groups is 1. The number of carbonyl (C=O) groups excluding carboxylic acids is 1. The van der Waals surface area contributed by atoms with E-state index in [2.05, 4.69) is 10.2 Å². The maximum atomic E-state index is 14.1. The summed E-state index contributed by atoms with van der Waals surface area (Å²) in [6.07, 6.45) is 0. The third-order valence-electron chi connectivity index (χ3n) is 4.40. The lowest BCUT2D eigenvalue weighted by Gasteiger charge is -2.24. The molecule has 6 nitrogen and oxygen atoms in total. The largest absolute Gasteiger partial charge is 0.342 e. The molecule has 1 heterocycles. The fourth-order valence-corrected chi connectivity index (χ4v) is 3.92. The molecule has 2 aromatic carbocycles. The second kappa shape index (κ2) is 8.88. The van der Waals surface area contributed by atoms with Gasteiger partial charge in [0.05, 0.1) is 5.56 Å². The number of nitrogen functional groups attached to an aromatic ring is 1. The predicted molar refractivity (Wildman–Crippen MR) is 109 cm³/mol. The van der Waals surface area contributed by atoms with Crippen LogP contribution in [0.1, 0.15) is 24.7 Å². The highest BCUT2D eigenvalue weighted by molar-refractivity contribution is 8.00. The van der Waals surface area contributed by atoms with Crippen molar-refractivity contribution in [1.29, 1.82) is 0 Å². The van der Waals surface area contributed by atoms with Crippen LogP contribution >= 0.6 is 11.8 Å². The van der Waals surface area contributed by atoms with E-state index in [1.807, 2.05) is 44.2 Å². The quantitative estimate of drug-likeness (QED) is 0.486. The fraction of sp³-hybridized carbons (Fsp3) is 0.250. The molecule has 0 aliphatic rings. The molecule has 3 aromatic rings. The first-order chi connectivity index (χ1) is 13.6. The van der Waals surface area contributed by atoms with Gasteiger partial charge in [-0.2, -0.15) is 0 Å². The van der Waals surface area contributed by atoms with Crippen molar-refractivity contribution in [2.45, 2.75) is 24.3 Å². The van der Waals surface area contributed by atoms with Crippen LogP contribution in [-0.2, 0) is 4.79 Å². The number of benzene rings is 2. The molecule has 3 rings (SSSR count). The van der Waals surface area contributed by atoms with Crippen molar-refractivity contribution in [2.75, 3.05) is 18.9 Å². The molecule has 0 saturated heterocycles. The number of halogens is 1. The van der Waals surface area contributed by atoms with Gasteiger partial charge >= 0.3 is 0 Å². The Morgan fingerprint density at radius 3 is 2.39 bits per heavy atom. The number of nitrogens with zero attached hydrogens (tertiary/aromatic N) is 4. The van der Waals surface area contributed by atoms with Gasteiger partial charge in [-0.15, -0.1) is 10.2 Å². The fourth-order valence-electron chi connectivity index (χ4n) is 2.88. The Bertz CT molecular complexity index is 943. The van der Waals surface area contributed by atoms with Crippen LogP contribution in [-0.4, -0.2) is 38.8 Å². The van der Waals surface area contributed by atoms with Crippen LogP contribution in [0.4, 0.5) is 4.39 Å². The van der Waals surface area contributed by atoms with Crippen molar-refractivity contribution in [2.24, 2.45) is 0 Å². The number of amides is 1. The monoisotopic (exact) mass is 399 g/mol. The van der Waals surface area contributed by atoms with Gasteiger partial charge in [-0.3, -0.25) is 4.79 Å². The van der Waals surface area contributed by atoms with E-state index in [9.17, 15) is 9.18 Å². The Kier molecular flexibility index (Phi) is 6.30.